The smallest absolute Gasteiger partial charge is 0.136 e. The second-order valence-corrected chi connectivity index (χ2v) is 5.74. The molecular weight excluding hydrogens is 280 g/mol. The van der Waals surface area contributed by atoms with Crippen molar-refractivity contribution in [2.45, 2.75) is 0 Å². The third-order valence-corrected chi connectivity index (χ3v) is 4.36. The van der Waals surface area contributed by atoms with Gasteiger partial charge in [-0.1, -0.05) is 60.7 Å². The standard InChI is InChI=1S/C22H13O/c1-2-8-17-15(6-1)7-5-10-18(17)16-12-13-22-20(14-16)19-9-3-4-11-21(19)23-22/h1-13H. The summed E-state index contributed by atoms with van der Waals surface area (Å²) in [6.07, 6.45) is 0. The molecule has 1 heterocycles. The van der Waals surface area contributed by atoms with Crippen LogP contribution < -0.4 is 0 Å². The Hall–Kier alpha value is -3.06. The van der Waals surface area contributed by atoms with Gasteiger partial charge in [-0.05, 0) is 40.1 Å². The summed E-state index contributed by atoms with van der Waals surface area (Å²) < 4.78 is 5.90. The molecule has 1 aromatic heterocycles. The number of furan rings is 1. The Kier molecular flexibility index (Phi) is 2.56. The summed E-state index contributed by atoms with van der Waals surface area (Å²) in [4.78, 5) is 0. The van der Waals surface area contributed by atoms with Crippen molar-refractivity contribution in [2.75, 3.05) is 0 Å². The molecule has 5 aromatic rings. The van der Waals surface area contributed by atoms with Gasteiger partial charge in [-0.25, -0.2) is 0 Å². The van der Waals surface area contributed by atoms with Gasteiger partial charge in [-0.15, -0.1) is 0 Å². The van der Waals surface area contributed by atoms with E-state index in [2.05, 4.69) is 60.7 Å². The molecule has 1 nitrogen and oxygen atoms in total. The first kappa shape index (κ1) is 12.5. The van der Waals surface area contributed by atoms with E-state index in [1.54, 1.807) is 0 Å². The molecule has 1 heteroatoms. The van der Waals surface area contributed by atoms with Crippen LogP contribution in [0.3, 0.4) is 0 Å². The van der Waals surface area contributed by atoms with Crippen molar-refractivity contribution in [3.63, 3.8) is 0 Å². The SMILES string of the molecule is [c]1c(-c2cccc3ccccc23)ccc2oc3ccccc3c12. The Morgan fingerprint density at radius 3 is 2.35 bits per heavy atom. The molecule has 107 valence electrons. The van der Waals surface area contributed by atoms with E-state index in [1.165, 1.54) is 16.3 Å². The molecule has 5 rings (SSSR count). The predicted octanol–water partition coefficient (Wildman–Crippen LogP) is 6.21. The van der Waals surface area contributed by atoms with Crippen LogP contribution in [0.15, 0.2) is 83.3 Å². The first-order valence-electron chi connectivity index (χ1n) is 7.72. The lowest BCUT2D eigenvalue weighted by Gasteiger charge is -2.06. The number of rotatable bonds is 1. The molecule has 0 saturated heterocycles. The third kappa shape index (κ3) is 1.87. The molecule has 0 saturated carbocycles. The number of hydrogen-bond acceptors (Lipinski definition) is 1. The Bertz CT molecular complexity index is 1160. The van der Waals surface area contributed by atoms with Crippen LogP contribution in [0.4, 0.5) is 0 Å². The summed E-state index contributed by atoms with van der Waals surface area (Å²) >= 11 is 0. The fraction of sp³-hybridized carbons (Fsp3) is 0. The maximum atomic E-state index is 5.90. The van der Waals surface area contributed by atoms with E-state index < -0.39 is 0 Å². The molecule has 0 amide bonds. The average Bonchev–Trinajstić information content (AvgIpc) is 2.99. The zero-order chi connectivity index (χ0) is 15.2. The van der Waals surface area contributed by atoms with Gasteiger partial charge >= 0.3 is 0 Å². The lowest BCUT2D eigenvalue weighted by molar-refractivity contribution is 0.669. The van der Waals surface area contributed by atoms with Crippen LogP contribution >= 0.6 is 0 Å². The van der Waals surface area contributed by atoms with Crippen molar-refractivity contribution in [2.24, 2.45) is 0 Å². The first-order chi connectivity index (χ1) is 11.4. The molecule has 0 aliphatic heterocycles. The zero-order valence-electron chi connectivity index (χ0n) is 12.4. The van der Waals surface area contributed by atoms with Crippen LogP contribution in [0, 0.1) is 6.07 Å². The minimum absolute atomic E-state index is 0.884. The molecule has 0 spiro atoms. The van der Waals surface area contributed by atoms with E-state index in [9.17, 15) is 0 Å². The van der Waals surface area contributed by atoms with Gasteiger partial charge in [-0.2, -0.15) is 0 Å². The fourth-order valence-corrected chi connectivity index (χ4v) is 3.26. The van der Waals surface area contributed by atoms with Crippen molar-refractivity contribution in [3.05, 3.63) is 84.9 Å². The molecule has 0 atom stereocenters. The largest absolute Gasteiger partial charge is 0.456 e. The molecule has 0 fully saturated rings. The molecule has 0 bridgehead atoms. The van der Waals surface area contributed by atoms with Crippen LogP contribution in [0.2, 0.25) is 0 Å². The summed E-state index contributed by atoms with van der Waals surface area (Å²) in [7, 11) is 0. The molecular formula is C22H13O. The quantitative estimate of drug-likeness (QED) is 0.358. The Labute approximate surface area is 133 Å². The summed E-state index contributed by atoms with van der Waals surface area (Å²) in [5, 5.41) is 4.66. The zero-order valence-corrected chi connectivity index (χ0v) is 12.4. The van der Waals surface area contributed by atoms with Crippen LogP contribution in [0.1, 0.15) is 0 Å². The van der Waals surface area contributed by atoms with Crippen molar-refractivity contribution < 1.29 is 4.42 Å². The van der Waals surface area contributed by atoms with E-state index in [1.807, 2.05) is 24.3 Å². The number of para-hydroxylation sites is 1. The van der Waals surface area contributed by atoms with Gasteiger partial charge in [0.25, 0.3) is 0 Å². The second kappa shape index (κ2) is 4.72. The van der Waals surface area contributed by atoms with Crippen molar-refractivity contribution in [1.82, 2.24) is 0 Å². The molecule has 1 radical (unpaired) electrons. The van der Waals surface area contributed by atoms with E-state index >= 15 is 0 Å². The Morgan fingerprint density at radius 1 is 0.609 bits per heavy atom. The van der Waals surface area contributed by atoms with Gasteiger partial charge in [0, 0.05) is 16.8 Å². The van der Waals surface area contributed by atoms with Gasteiger partial charge in [0.05, 0.1) is 0 Å². The highest BCUT2D eigenvalue weighted by atomic mass is 16.3. The molecule has 23 heavy (non-hydrogen) atoms. The highest BCUT2D eigenvalue weighted by Gasteiger charge is 2.09. The van der Waals surface area contributed by atoms with Gasteiger partial charge in [-0.3, -0.25) is 0 Å². The van der Waals surface area contributed by atoms with Gasteiger partial charge in [0.15, 0.2) is 0 Å². The highest BCUT2D eigenvalue weighted by molar-refractivity contribution is 6.07. The van der Waals surface area contributed by atoms with Gasteiger partial charge in [0.2, 0.25) is 0 Å². The van der Waals surface area contributed by atoms with Crippen LogP contribution in [0.25, 0.3) is 43.8 Å². The van der Waals surface area contributed by atoms with E-state index in [0.717, 1.165) is 27.5 Å². The molecule has 0 aliphatic carbocycles. The second-order valence-electron chi connectivity index (χ2n) is 5.74. The highest BCUT2D eigenvalue weighted by Crippen LogP contribution is 2.34. The van der Waals surface area contributed by atoms with Gasteiger partial charge < -0.3 is 4.42 Å². The summed E-state index contributed by atoms with van der Waals surface area (Å²) in [5.74, 6) is 0. The van der Waals surface area contributed by atoms with Crippen LogP contribution in [0.5, 0.6) is 0 Å². The lowest BCUT2D eigenvalue weighted by atomic mass is 9.97. The Balaban J connectivity index is 1.84. The average molecular weight is 293 g/mol. The maximum absolute atomic E-state index is 5.90. The number of benzene rings is 4. The maximum Gasteiger partial charge on any atom is 0.136 e. The van der Waals surface area contributed by atoms with Crippen LogP contribution in [-0.4, -0.2) is 0 Å². The van der Waals surface area contributed by atoms with Crippen molar-refractivity contribution in [3.8, 4) is 11.1 Å². The monoisotopic (exact) mass is 293 g/mol. The number of fused-ring (bicyclic) bond motifs is 4. The van der Waals surface area contributed by atoms with E-state index in [0.29, 0.717) is 0 Å². The summed E-state index contributed by atoms with van der Waals surface area (Å²) in [6.45, 7) is 0. The van der Waals surface area contributed by atoms with E-state index in [4.69, 9.17) is 4.42 Å². The normalized spacial score (nSPS) is 11.5. The predicted molar refractivity (Wildman–Crippen MR) is 95.5 cm³/mol. The molecule has 0 N–H and O–H groups in total. The molecule has 4 aromatic carbocycles. The minimum Gasteiger partial charge on any atom is -0.456 e. The summed E-state index contributed by atoms with van der Waals surface area (Å²) in [6, 6.07) is 30.7. The van der Waals surface area contributed by atoms with Crippen LogP contribution in [-0.2, 0) is 0 Å². The van der Waals surface area contributed by atoms with Crippen molar-refractivity contribution in [1.29, 1.82) is 0 Å². The first-order valence-corrected chi connectivity index (χ1v) is 7.72. The molecule has 0 unspecified atom stereocenters. The lowest BCUT2D eigenvalue weighted by Crippen LogP contribution is -1.81. The summed E-state index contributed by atoms with van der Waals surface area (Å²) in [5.41, 5.74) is 4.10. The third-order valence-electron chi connectivity index (χ3n) is 4.36. The van der Waals surface area contributed by atoms with Gasteiger partial charge in [0.1, 0.15) is 11.2 Å². The topological polar surface area (TPSA) is 13.1 Å². The van der Waals surface area contributed by atoms with E-state index in [-0.39, 0.29) is 0 Å². The Morgan fingerprint density at radius 2 is 1.39 bits per heavy atom. The molecule has 0 aliphatic rings. The fourth-order valence-electron chi connectivity index (χ4n) is 3.26. The van der Waals surface area contributed by atoms with Crippen molar-refractivity contribution >= 4 is 32.7 Å². The minimum atomic E-state index is 0.884. The number of hydrogen-bond donors (Lipinski definition) is 0.